The summed E-state index contributed by atoms with van der Waals surface area (Å²) in [7, 11) is -3.23. The molecule has 3 nitrogen and oxygen atoms in total. The monoisotopic (exact) mass is 583 g/mol. The molecule has 1 unspecified atom stereocenters. The van der Waals surface area contributed by atoms with Gasteiger partial charge in [-0.25, -0.2) is 0 Å². The minimum Gasteiger partial charge on any atom is -0.456 e. The number of rotatable bonds is 3. The summed E-state index contributed by atoms with van der Waals surface area (Å²) in [4.78, 5) is 0. The van der Waals surface area contributed by atoms with E-state index >= 15 is 4.57 Å². The Morgan fingerprint density at radius 3 is 2.00 bits per heavy atom. The number of hydrogen-bond acceptors (Lipinski definition) is 2. The molecular weight excluding hydrogens is 557 g/mol. The van der Waals surface area contributed by atoms with Crippen molar-refractivity contribution in [3.05, 3.63) is 158 Å². The van der Waals surface area contributed by atoms with Crippen LogP contribution < -0.4 is 20.7 Å². The van der Waals surface area contributed by atoms with Crippen LogP contribution in [0.15, 0.2) is 158 Å². The van der Waals surface area contributed by atoms with E-state index in [0.717, 1.165) is 49.0 Å². The lowest BCUT2D eigenvalue weighted by Crippen LogP contribution is -2.31. The van der Waals surface area contributed by atoms with Crippen molar-refractivity contribution < 1.29 is 9.30 Å². The molecular formula is C40H26NO2P. The van der Waals surface area contributed by atoms with Crippen molar-refractivity contribution in [2.45, 2.75) is 0 Å². The molecule has 1 atom stereocenters. The summed E-state index contributed by atoms with van der Waals surface area (Å²) >= 11 is 0. The Morgan fingerprint density at radius 2 is 1.09 bits per heavy atom. The Morgan fingerprint density at radius 1 is 0.455 bits per heavy atom. The van der Waals surface area contributed by atoms with Crippen LogP contribution in [0.4, 0.5) is 0 Å². The van der Waals surface area contributed by atoms with E-state index in [-0.39, 0.29) is 0 Å². The minimum atomic E-state index is -3.23. The van der Waals surface area contributed by atoms with Crippen LogP contribution in [0.3, 0.4) is 0 Å². The largest absolute Gasteiger partial charge is 0.456 e. The van der Waals surface area contributed by atoms with Gasteiger partial charge in [-0.1, -0.05) is 103 Å². The standard InChI is InChI=1S/C40H26NO2P/c42-44(38-20-10-12-27-11-4-5-15-31(27)38)39-19-9-8-18-36(39)43-37-26-29(22-24-40(37)44)28-21-23-35-33(25-28)32-16-6-7-17-34(32)41(35)30-13-2-1-3-14-30/h1-26H. The molecule has 1 aliphatic rings. The van der Waals surface area contributed by atoms with Crippen molar-refractivity contribution in [2.75, 3.05) is 0 Å². The highest BCUT2D eigenvalue weighted by Crippen LogP contribution is 2.53. The van der Waals surface area contributed by atoms with Crippen molar-refractivity contribution in [1.82, 2.24) is 4.57 Å². The first-order valence-corrected chi connectivity index (χ1v) is 16.5. The number of fused-ring (bicyclic) bond motifs is 6. The molecule has 0 amide bonds. The van der Waals surface area contributed by atoms with Crippen LogP contribution in [0.5, 0.6) is 11.5 Å². The normalized spacial score (nSPS) is 15.6. The number of ether oxygens (including phenoxy) is 1. The third kappa shape index (κ3) is 3.60. The first kappa shape index (κ1) is 25.2. The highest BCUT2D eigenvalue weighted by Gasteiger charge is 2.40. The van der Waals surface area contributed by atoms with Crippen molar-refractivity contribution in [1.29, 1.82) is 0 Å². The maximum atomic E-state index is 15.5. The molecule has 9 rings (SSSR count). The molecule has 0 bridgehead atoms. The van der Waals surface area contributed by atoms with Gasteiger partial charge < -0.3 is 13.9 Å². The minimum absolute atomic E-state index is 0.643. The van der Waals surface area contributed by atoms with Crippen molar-refractivity contribution in [3.8, 4) is 28.3 Å². The van der Waals surface area contributed by atoms with Crippen LogP contribution in [-0.2, 0) is 4.57 Å². The quantitative estimate of drug-likeness (QED) is 0.194. The van der Waals surface area contributed by atoms with Gasteiger partial charge in [0.25, 0.3) is 0 Å². The molecule has 4 heteroatoms. The second-order valence-corrected chi connectivity index (χ2v) is 13.9. The molecule has 0 saturated heterocycles. The Labute approximate surface area is 255 Å². The van der Waals surface area contributed by atoms with Gasteiger partial charge in [-0.3, -0.25) is 0 Å². The highest BCUT2D eigenvalue weighted by molar-refractivity contribution is 7.86. The summed E-state index contributed by atoms with van der Waals surface area (Å²) in [5, 5.41) is 6.79. The molecule has 7 aromatic carbocycles. The third-order valence-electron chi connectivity index (χ3n) is 8.85. The van der Waals surface area contributed by atoms with E-state index in [0.29, 0.717) is 11.5 Å². The summed E-state index contributed by atoms with van der Waals surface area (Å²) in [6.07, 6.45) is 0. The molecule has 8 aromatic rings. The Balaban J connectivity index is 1.24. The van der Waals surface area contributed by atoms with Crippen molar-refractivity contribution in [2.24, 2.45) is 0 Å². The fraction of sp³-hybridized carbons (Fsp3) is 0. The molecule has 208 valence electrons. The van der Waals surface area contributed by atoms with E-state index in [4.69, 9.17) is 4.74 Å². The summed E-state index contributed by atoms with van der Waals surface area (Å²) in [5.74, 6) is 1.29. The second-order valence-electron chi connectivity index (χ2n) is 11.3. The zero-order valence-electron chi connectivity index (χ0n) is 23.7. The van der Waals surface area contributed by atoms with Gasteiger partial charge in [0.05, 0.1) is 21.6 Å². The van der Waals surface area contributed by atoms with Gasteiger partial charge in [0.15, 0.2) is 7.14 Å². The zero-order valence-corrected chi connectivity index (χ0v) is 24.6. The van der Waals surface area contributed by atoms with Gasteiger partial charge in [0.1, 0.15) is 11.5 Å². The summed E-state index contributed by atoms with van der Waals surface area (Å²) in [6.45, 7) is 0. The fourth-order valence-corrected chi connectivity index (χ4v) is 9.89. The van der Waals surface area contributed by atoms with Crippen LogP contribution in [0.2, 0.25) is 0 Å². The van der Waals surface area contributed by atoms with Gasteiger partial charge in [0.2, 0.25) is 0 Å². The summed E-state index contributed by atoms with van der Waals surface area (Å²) in [5.41, 5.74) is 5.57. The topological polar surface area (TPSA) is 31.2 Å². The van der Waals surface area contributed by atoms with E-state index in [1.165, 1.54) is 16.3 Å². The predicted molar refractivity (Wildman–Crippen MR) is 183 cm³/mol. The average molecular weight is 584 g/mol. The van der Waals surface area contributed by atoms with E-state index < -0.39 is 7.14 Å². The van der Waals surface area contributed by atoms with Crippen molar-refractivity contribution >= 4 is 55.6 Å². The second kappa shape index (κ2) is 9.57. The third-order valence-corrected chi connectivity index (χ3v) is 12.0. The number of aromatic nitrogens is 1. The fourth-order valence-electron chi connectivity index (χ4n) is 6.84. The molecule has 2 heterocycles. The zero-order chi connectivity index (χ0) is 29.3. The van der Waals surface area contributed by atoms with E-state index in [9.17, 15) is 0 Å². The maximum Gasteiger partial charge on any atom is 0.178 e. The molecule has 1 aliphatic heterocycles. The molecule has 0 fully saturated rings. The summed E-state index contributed by atoms with van der Waals surface area (Å²) in [6, 6.07) is 53.9. The molecule has 1 aromatic heterocycles. The van der Waals surface area contributed by atoms with Crippen LogP contribution in [-0.4, -0.2) is 4.57 Å². The van der Waals surface area contributed by atoms with Crippen molar-refractivity contribution in [3.63, 3.8) is 0 Å². The predicted octanol–water partition coefficient (Wildman–Crippen LogP) is 9.35. The van der Waals surface area contributed by atoms with Crippen LogP contribution >= 0.6 is 7.14 Å². The number of benzene rings is 7. The molecule has 0 aliphatic carbocycles. The van der Waals surface area contributed by atoms with E-state index in [1.807, 2.05) is 60.7 Å². The lowest BCUT2D eigenvalue weighted by Gasteiger charge is -2.30. The molecule has 44 heavy (non-hydrogen) atoms. The van der Waals surface area contributed by atoms with Gasteiger partial charge in [-0.2, -0.15) is 0 Å². The van der Waals surface area contributed by atoms with Crippen LogP contribution in [0, 0.1) is 0 Å². The average Bonchev–Trinajstić information content (AvgIpc) is 3.42. The number of para-hydroxylation sites is 3. The Bertz CT molecular complexity index is 2450. The first-order chi connectivity index (χ1) is 21.7. The Hall–Kier alpha value is -5.37. The highest BCUT2D eigenvalue weighted by atomic mass is 31.2. The smallest absolute Gasteiger partial charge is 0.178 e. The first-order valence-electron chi connectivity index (χ1n) is 14.8. The lowest BCUT2D eigenvalue weighted by molar-refractivity contribution is 0.485. The molecule has 0 saturated carbocycles. The van der Waals surface area contributed by atoms with Crippen LogP contribution in [0.25, 0.3) is 49.4 Å². The lowest BCUT2D eigenvalue weighted by atomic mass is 10.0. The van der Waals surface area contributed by atoms with Gasteiger partial charge in [0, 0.05) is 21.8 Å². The van der Waals surface area contributed by atoms with E-state index in [2.05, 4.69) is 102 Å². The summed E-state index contributed by atoms with van der Waals surface area (Å²) < 4.78 is 24.4. The molecule has 0 spiro atoms. The van der Waals surface area contributed by atoms with Gasteiger partial charge in [-0.15, -0.1) is 0 Å². The molecule has 0 N–H and O–H groups in total. The van der Waals surface area contributed by atoms with Gasteiger partial charge in [-0.05, 0) is 76.5 Å². The molecule has 0 radical (unpaired) electrons. The Kier molecular flexibility index (Phi) is 5.47. The SMILES string of the molecule is O=P1(c2cccc3ccccc23)c2ccccc2Oc2cc(-c3ccc4c(c3)c3ccccc3n4-c3ccccc3)ccc21. The van der Waals surface area contributed by atoms with Crippen LogP contribution in [0.1, 0.15) is 0 Å². The number of hydrogen-bond donors (Lipinski definition) is 0. The maximum absolute atomic E-state index is 15.5. The van der Waals surface area contributed by atoms with Gasteiger partial charge >= 0.3 is 0 Å². The number of nitrogens with zero attached hydrogens (tertiary/aromatic N) is 1. The van der Waals surface area contributed by atoms with E-state index in [1.54, 1.807) is 0 Å².